The normalized spacial score (nSPS) is 12.1. The quantitative estimate of drug-likeness (QED) is 0.706. The molecule has 0 saturated carbocycles. The predicted molar refractivity (Wildman–Crippen MR) is 75.0 cm³/mol. The summed E-state index contributed by atoms with van der Waals surface area (Å²) in [6.45, 7) is 2.68. The highest BCUT2D eigenvalue weighted by atomic mass is 32.2. The minimum absolute atomic E-state index is 0.318. The Labute approximate surface area is 112 Å². The SMILES string of the molecule is CCCNS(=O)(=O)NCCc1nc2ccccc2[nH]1. The van der Waals surface area contributed by atoms with Gasteiger partial charge in [-0.05, 0) is 18.6 Å². The lowest BCUT2D eigenvalue weighted by molar-refractivity contribution is 0.565. The number of hydrogen-bond acceptors (Lipinski definition) is 3. The monoisotopic (exact) mass is 282 g/mol. The molecule has 1 aromatic heterocycles. The molecule has 0 bridgehead atoms. The van der Waals surface area contributed by atoms with E-state index < -0.39 is 10.2 Å². The maximum Gasteiger partial charge on any atom is 0.276 e. The zero-order valence-electron chi connectivity index (χ0n) is 10.8. The van der Waals surface area contributed by atoms with E-state index in [1.165, 1.54) is 0 Å². The van der Waals surface area contributed by atoms with Crippen LogP contribution < -0.4 is 9.44 Å². The van der Waals surface area contributed by atoms with Gasteiger partial charge in [-0.3, -0.25) is 0 Å². The molecule has 0 spiro atoms. The van der Waals surface area contributed by atoms with E-state index in [-0.39, 0.29) is 0 Å². The molecule has 0 unspecified atom stereocenters. The molecular formula is C12H18N4O2S. The fraction of sp³-hybridized carbons (Fsp3) is 0.417. The summed E-state index contributed by atoms with van der Waals surface area (Å²) in [5, 5.41) is 0. The summed E-state index contributed by atoms with van der Waals surface area (Å²) < 4.78 is 27.9. The van der Waals surface area contributed by atoms with E-state index in [1.54, 1.807) is 0 Å². The first-order chi connectivity index (χ1) is 9.11. The minimum Gasteiger partial charge on any atom is -0.342 e. The van der Waals surface area contributed by atoms with Crippen LogP contribution in [-0.4, -0.2) is 31.5 Å². The number of imidazole rings is 1. The van der Waals surface area contributed by atoms with Gasteiger partial charge in [-0.15, -0.1) is 0 Å². The Hall–Kier alpha value is -1.44. The van der Waals surface area contributed by atoms with Crippen molar-refractivity contribution in [1.29, 1.82) is 0 Å². The van der Waals surface area contributed by atoms with Crippen molar-refractivity contribution >= 4 is 21.2 Å². The Morgan fingerprint density at radius 1 is 1.21 bits per heavy atom. The average molecular weight is 282 g/mol. The highest BCUT2D eigenvalue weighted by Gasteiger charge is 2.08. The molecule has 6 nitrogen and oxygen atoms in total. The number of nitrogens with one attached hydrogen (secondary N) is 3. The fourth-order valence-corrected chi connectivity index (χ4v) is 2.66. The summed E-state index contributed by atoms with van der Waals surface area (Å²) >= 11 is 0. The second kappa shape index (κ2) is 6.14. The Kier molecular flexibility index (Phi) is 4.52. The summed E-state index contributed by atoms with van der Waals surface area (Å²) in [7, 11) is -3.39. The van der Waals surface area contributed by atoms with Crippen molar-refractivity contribution < 1.29 is 8.42 Å². The van der Waals surface area contributed by atoms with E-state index in [9.17, 15) is 8.42 Å². The van der Waals surface area contributed by atoms with E-state index in [0.29, 0.717) is 19.5 Å². The molecule has 0 aliphatic heterocycles. The lowest BCUT2D eigenvalue weighted by Gasteiger charge is -2.05. The van der Waals surface area contributed by atoms with Crippen LogP contribution in [0.3, 0.4) is 0 Å². The summed E-state index contributed by atoms with van der Waals surface area (Å²) in [5.41, 5.74) is 1.86. The van der Waals surface area contributed by atoms with Crippen LogP contribution in [-0.2, 0) is 16.6 Å². The molecule has 0 radical (unpaired) electrons. The van der Waals surface area contributed by atoms with Gasteiger partial charge in [0.15, 0.2) is 0 Å². The van der Waals surface area contributed by atoms with Gasteiger partial charge < -0.3 is 4.98 Å². The van der Waals surface area contributed by atoms with Crippen LogP contribution >= 0.6 is 0 Å². The first kappa shape index (κ1) is 14.0. The van der Waals surface area contributed by atoms with Gasteiger partial charge in [-0.1, -0.05) is 19.1 Å². The van der Waals surface area contributed by atoms with Crippen molar-refractivity contribution in [2.45, 2.75) is 19.8 Å². The van der Waals surface area contributed by atoms with E-state index in [0.717, 1.165) is 23.3 Å². The number of benzene rings is 1. The van der Waals surface area contributed by atoms with E-state index in [4.69, 9.17) is 0 Å². The van der Waals surface area contributed by atoms with Crippen LogP contribution in [0.15, 0.2) is 24.3 Å². The predicted octanol–water partition coefficient (Wildman–Crippen LogP) is 0.939. The highest BCUT2D eigenvalue weighted by Crippen LogP contribution is 2.10. The van der Waals surface area contributed by atoms with Gasteiger partial charge in [0, 0.05) is 19.5 Å². The van der Waals surface area contributed by atoms with Crippen molar-refractivity contribution in [3.8, 4) is 0 Å². The summed E-state index contributed by atoms with van der Waals surface area (Å²) in [6, 6.07) is 7.72. The smallest absolute Gasteiger partial charge is 0.276 e. The van der Waals surface area contributed by atoms with Crippen LogP contribution in [0.2, 0.25) is 0 Å². The van der Waals surface area contributed by atoms with E-state index >= 15 is 0 Å². The molecule has 0 fully saturated rings. The summed E-state index contributed by atoms with van der Waals surface area (Å²) in [4.78, 5) is 7.54. The van der Waals surface area contributed by atoms with Crippen molar-refractivity contribution in [3.63, 3.8) is 0 Å². The molecule has 19 heavy (non-hydrogen) atoms. The molecule has 2 rings (SSSR count). The largest absolute Gasteiger partial charge is 0.342 e. The molecule has 0 aliphatic carbocycles. The number of aromatic nitrogens is 2. The summed E-state index contributed by atoms with van der Waals surface area (Å²) in [5.74, 6) is 0.777. The summed E-state index contributed by atoms with van der Waals surface area (Å²) in [6.07, 6.45) is 1.30. The Bertz CT molecular complexity index is 603. The Balaban J connectivity index is 1.89. The molecule has 0 aliphatic rings. The molecule has 1 heterocycles. The van der Waals surface area contributed by atoms with Gasteiger partial charge in [0.1, 0.15) is 5.82 Å². The number of hydrogen-bond donors (Lipinski definition) is 3. The molecule has 0 amide bonds. The lowest BCUT2D eigenvalue weighted by Crippen LogP contribution is -2.38. The van der Waals surface area contributed by atoms with Gasteiger partial charge >= 0.3 is 0 Å². The Morgan fingerprint density at radius 2 is 1.95 bits per heavy atom. The van der Waals surface area contributed by atoms with Gasteiger partial charge in [-0.25, -0.2) is 14.4 Å². The number of rotatable bonds is 7. The first-order valence-corrected chi connectivity index (χ1v) is 7.77. The first-order valence-electron chi connectivity index (χ1n) is 6.28. The van der Waals surface area contributed by atoms with Crippen molar-refractivity contribution in [2.75, 3.05) is 13.1 Å². The third-order valence-corrected chi connectivity index (χ3v) is 3.80. The minimum atomic E-state index is -3.39. The van der Waals surface area contributed by atoms with Crippen LogP contribution in [0.4, 0.5) is 0 Å². The van der Waals surface area contributed by atoms with Gasteiger partial charge in [0.25, 0.3) is 10.2 Å². The number of H-pyrrole nitrogens is 1. The van der Waals surface area contributed by atoms with E-state index in [2.05, 4.69) is 19.4 Å². The molecule has 7 heteroatoms. The lowest BCUT2D eigenvalue weighted by atomic mass is 10.3. The topological polar surface area (TPSA) is 86.9 Å². The van der Waals surface area contributed by atoms with Crippen molar-refractivity contribution in [3.05, 3.63) is 30.1 Å². The molecule has 104 valence electrons. The second-order valence-corrected chi connectivity index (χ2v) is 5.83. The number of fused-ring (bicyclic) bond motifs is 1. The highest BCUT2D eigenvalue weighted by molar-refractivity contribution is 7.87. The molecule has 0 atom stereocenters. The standard InChI is InChI=1S/C12H18N4O2S/c1-2-8-13-19(17,18)14-9-7-12-15-10-5-3-4-6-11(10)16-12/h3-6,13-14H,2,7-9H2,1H3,(H,15,16). The number of aromatic amines is 1. The van der Waals surface area contributed by atoms with Crippen LogP contribution in [0.5, 0.6) is 0 Å². The van der Waals surface area contributed by atoms with Gasteiger partial charge in [0.2, 0.25) is 0 Å². The molecule has 0 saturated heterocycles. The van der Waals surface area contributed by atoms with Crippen LogP contribution in [0.1, 0.15) is 19.2 Å². The van der Waals surface area contributed by atoms with Crippen molar-refractivity contribution in [1.82, 2.24) is 19.4 Å². The molecule has 2 aromatic rings. The maximum atomic E-state index is 11.5. The second-order valence-electron chi connectivity index (χ2n) is 4.24. The van der Waals surface area contributed by atoms with Gasteiger partial charge in [0.05, 0.1) is 11.0 Å². The average Bonchev–Trinajstić information content (AvgIpc) is 2.78. The van der Waals surface area contributed by atoms with Crippen LogP contribution in [0, 0.1) is 0 Å². The van der Waals surface area contributed by atoms with Crippen LogP contribution in [0.25, 0.3) is 11.0 Å². The van der Waals surface area contributed by atoms with Crippen molar-refractivity contribution in [2.24, 2.45) is 0 Å². The number of para-hydroxylation sites is 2. The zero-order valence-corrected chi connectivity index (χ0v) is 11.6. The Morgan fingerprint density at radius 3 is 2.68 bits per heavy atom. The van der Waals surface area contributed by atoms with E-state index in [1.807, 2.05) is 31.2 Å². The zero-order chi connectivity index (χ0) is 13.7. The third kappa shape index (κ3) is 4.02. The maximum absolute atomic E-state index is 11.5. The molecule has 1 aromatic carbocycles. The van der Waals surface area contributed by atoms with Gasteiger partial charge in [-0.2, -0.15) is 8.42 Å². The number of nitrogens with zero attached hydrogens (tertiary/aromatic N) is 1. The molecular weight excluding hydrogens is 264 g/mol. The third-order valence-electron chi connectivity index (χ3n) is 2.63. The molecule has 3 N–H and O–H groups in total. The fourth-order valence-electron chi connectivity index (χ4n) is 1.72.